The molecule has 72 valence electrons. The van der Waals surface area contributed by atoms with Gasteiger partial charge in [0.05, 0.1) is 5.75 Å². The van der Waals surface area contributed by atoms with Crippen LogP contribution >= 0.6 is 0 Å². The Hall–Kier alpha value is -0.0900. The molecule has 3 nitrogen and oxygen atoms in total. The summed E-state index contributed by atoms with van der Waals surface area (Å²) >= 11 is 0. The summed E-state index contributed by atoms with van der Waals surface area (Å²) < 4.78 is 24.8. The molecule has 0 amide bonds. The van der Waals surface area contributed by atoms with E-state index < -0.39 is 10.0 Å². The molecular weight excluding hydrogens is 174 g/mol. The average Bonchev–Trinajstić information content (AvgIpc) is 2.35. The summed E-state index contributed by atoms with van der Waals surface area (Å²) in [6.45, 7) is 4.61. The molecule has 1 atom stereocenters. The van der Waals surface area contributed by atoms with Crippen molar-refractivity contribution in [1.29, 1.82) is 0 Å². The van der Waals surface area contributed by atoms with Crippen molar-refractivity contribution in [3.8, 4) is 0 Å². The van der Waals surface area contributed by atoms with Gasteiger partial charge in [0.1, 0.15) is 0 Å². The zero-order valence-electron chi connectivity index (χ0n) is 7.78. The van der Waals surface area contributed by atoms with E-state index in [1.165, 1.54) is 0 Å². The first-order valence-electron chi connectivity index (χ1n) is 4.57. The summed E-state index contributed by atoms with van der Waals surface area (Å²) in [7, 11) is -2.93. The third-order valence-corrected chi connectivity index (χ3v) is 4.49. The average molecular weight is 191 g/mol. The lowest BCUT2D eigenvalue weighted by molar-refractivity contribution is 0.408. The first kappa shape index (κ1) is 9.99. The maximum absolute atomic E-state index is 11.6. The van der Waals surface area contributed by atoms with Gasteiger partial charge in [0.25, 0.3) is 0 Å². The second kappa shape index (κ2) is 3.75. The first-order valence-corrected chi connectivity index (χ1v) is 6.18. The monoisotopic (exact) mass is 191 g/mol. The first-order chi connectivity index (χ1) is 5.58. The molecule has 0 radical (unpaired) electrons. The van der Waals surface area contributed by atoms with E-state index in [0.717, 1.165) is 19.4 Å². The normalized spacial score (nSPS) is 26.3. The highest BCUT2D eigenvalue weighted by Crippen LogP contribution is 2.20. The van der Waals surface area contributed by atoms with E-state index >= 15 is 0 Å². The highest BCUT2D eigenvalue weighted by atomic mass is 32.2. The molecule has 1 aliphatic heterocycles. The Morgan fingerprint density at radius 2 is 2.17 bits per heavy atom. The molecule has 0 bridgehead atoms. The van der Waals surface area contributed by atoms with Gasteiger partial charge >= 0.3 is 0 Å². The Kier molecular flexibility index (Phi) is 3.12. The topological polar surface area (TPSA) is 37.4 Å². The minimum Gasteiger partial charge on any atom is -0.212 e. The molecule has 0 N–H and O–H groups in total. The molecule has 1 unspecified atom stereocenters. The van der Waals surface area contributed by atoms with E-state index in [4.69, 9.17) is 0 Å². The van der Waals surface area contributed by atoms with Gasteiger partial charge in [0, 0.05) is 12.6 Å². The Labute approximate surface area is 74.8 Å². The molecule has 0 aromatic rings. The zero-order chi connectivity index (χ0) is 9.19. The molecule has 0 spiro atoms. The number of sulfonamides is 1. The molecule has 0 saturated carbocycles. The van der Waals surface area contributed by atoms with Gasteiger partial charge < -0.3 is 0 Å². The highest BCUT2D eigenvalue weighted by Gasteiger charge is 2.30. The lowest BCUT2D eigenvalue weighted by atomic mass is 10.3. The van der Waals surface area contributed by atoms with Gasteiger partial charge in [0.2, 0.25) is 10.0 Å². The van der Waals surface area contributed by atoms with E-state index in [0.29, 0.717) is 12.2 Å². The predicted octanol–water partition coefficient (Wildman–Crippen LogP) is 1.21. The molecule has 4 heteroatoms. The van der Waals surface area contributed by atoms with Crippen LogP contribution in [0.15, 0.2) is 0 Å². The van der Waals surface area contributed by atoms with Gasteiger partial charge in [-0.3, -0.25) is 0 Å². The number of nitrogens with zero attached hydrogens (tertiary/aromatic N) is 1. The summed E-state index contributed by atoms with van der Waals surface area (Å²) in [5, 5.41) is 0. The molecule has 0 aliphatic carbocycles. The van der Waals surface area contributed by atoms with Crippen LogP contribution in [-0.2, 0) is 10.0 Å². The molecule has 1 aliphatic rings. The highest BCUT2D eigenvalue weighted by molar-refractivity contribution is 7.89. The molecule has 12 heavy (non-hydrogen) atoms. The minimum atomic E-state index is -2.93. The molecular formula is C8H17NO2S. The zero-order valence-corrected chi connectivity index (χ0v) is 8.60. The van der Waals surface area contributed by atoms with Gasteiger partial charge in [-0.15, -0.1) is 0 Å². The van der Waals surface area contributed by atoms with Crippen molar-refractivity contribution < 1.29 is 8.42 Å². The van der Waals surface area contributed by atoms with Crippen LogP contribution in [0.1, 0.15) is 33.1 Å². The summed E-state index contributed by atoms with van der Waals surface area (Å²) in [6, 6.07) is 0.224. The fourth-order valence-corrected chi connectivity index (χ4v) is 3.51. The lowest BCUT2D eigenvalue weighted by Crippen LogP contribution is -2.35. The van der Waals surface area contributed by atoms with Crippen LogP contribution in [-0.4, -0.2) is 31.1 Å². The van der Waals surface area contributed by atoms with Crippen molar-refractivity contribution in [3.05, 3.63) is 0 Å². The van der Waals surface area contributed by atoms with Crippen LogP contribution in [0.25, 0.3) is 0 Å². The smallest absolute Gasteiger partial charge is 0.212 e. The van der Waals surface area contributed by atoms with Gasteiger partial charge in [-0.05, 0) is 26.2 Å². The lowest BCUT2D eigenvalue weighted by Gasteiger charge is -2.20. The van der Waals surface area contributed by atoms with E-state index in [-0.39, 0.29) is 6.04 Å². The third-order valence-electron chi connectivity index (χ3n) is 2.31. The Morgan fingerprint density at radius 1 is 1.50 bits per heavy atom. The van der Waals surface area contributed by atoms with Crippen LogP contribution in [0.3, 0.4) is 0 Å². The Bertz CT molecular complexity index is 235. The number of hydrogen-bond acceptors (Lipinski definition) is 2. The summed E-state index contributed by atoms with van der Waals surface area (Å²) in [5.41, 5.74) is 0. The van der Waals surface area contributed by atoms with Crippen molar-refractivity contribution in [2.45, 2.75) is 39.2 Å². The van der Waals surface area contributed by atoms with E-state index in [2.05, 4.69) is 0 Å². The van der Waals surface area contributed by atoms with Crippen molar-refractivity contribution in [1.82, 2.24) is 4.31 Å². The molecule has 0 aromatic carbocycles. The fourth-order valence-electron chi connectivity index (χ4n) is 1.70. The van der Waals surface area contributed by atoms with E-state index in [1.54, 1.807) is 4.31 Å². The van der Waals surface area contributed by atoms with Crippen molar-refractivity contribution in [2.24, 2.45) is 0 Å². The van der Waals surface area contributed by atoms with Crippen LogP contribution in [0.2, 0.25) is 0 Å². The third kappa shape index (κ3) is 1.98. The molecule has 0 aromatic heterocycles. The van der Waals surface area contributed by atoms with Gasteiger partial charge in [-0.2, -0.15) is 4.31 Å². The Morgan fingerprint density at radius 3 is 2.58 bits per heavy atom. The SMILES string of the molecule is CCCS(=O)(=O)N1CCCC1C. The fraction of sp³-hybridized carbons (Fsp3) is 1.00. The maximum atomic E-state index is 11.6. The van der Waals surface area contributed by atoms with E-state index in [1.807, 2.05) is 13.8 Å². The van der Waals surface area contributed by atoms with Gasteiger partial charge in [0.15, 0.2) is 0 Å². The molecule has 1 heterocycles. The van der Waals surface area contributed by atoms with Crippen molar-refractivity contribution in [2.75, 3.05) is 12.3 Å². The molecule has 1 saturated heterocycles. The summed E-state index contributed by atoms with van der Waals surface area (Å²) in [6.07, 6.45) is 2.75. The number of rotatable bonds is 3. The predicted molar refractivity (Wildman–Crippen MR) is 49.5 cm³/mol. The molecule has 1 rings (SSSR count). The molecule has 1 fully saturated rings. The second-order valence-corrected chi connectivity index (χ2v) is 5.46. The summed E-state index contributed by atoms with van der Waals surface area (Å²) in [5.74, 6) is 0.303. The largest absolute Gasteiger partial charge is 0.214 e. The van der Waals surface area contributed by atoms with Crippen LogP contribution in [0.5, 0.6) is 0 Å². The van der Waals surface area contributed by atoms with Crippen LogP contribution < -0.4 is 0 Å². The summed E-state index contributed by atoms with van der Waals surface area (Å²) in [4.78, 5) is 0. The van der Waals surface area contributed by atoms with Crippen LogP contribution in [0, 0.1) is 0 Å². The standard InChI is InChI=1S/C8H17NO2S/c1-3-7-12(10,11)9-6-4-5-8(9)2/h8H,3-7H2,1-2H3. The maximum Gasteiger partial charge on any atom is 0.214 e. The quantitative estimate of drug-likeness (QED) is 0.672. The van der Waals surface area contributed by atoms with Gasteiger partial charge in [-0.25, -0.2) is 8.42 Å². The van der Waals surface area contributed by atoms with Crippen molar-refractivity contribution >= 4 is 10.0 Å². The van der Waals surface area contributed by atoms with E-state index in [9.17, 15) is 8.42 Å². The van der Waals surface area contributed by atoms with Crippen molar-refractivity contribution in [3.63, 3.8) is 0 Å². The Balaban J connectivity index is 2.68. The second-order valence-electron chi connectivity index (χ2n) is 3.42. The minimum absolute atomic E-state index is 0.224. The number of hydrogen-bond donors (Lipinski definition) is 0. The van der Waals surface area contributed by atoms with Gasteiger partial charge in [-0.1, -0.05) is 6.92 Å². The van der Waals surface area contributed by atoms with Crippen LogP contribution in [0.4, 0.5) is 0 Å².